The molecule has 0 saturated heterocycles. The summed E-state index contributed by atoms with van der Waals surface area (Å²) in [7, 11) is 0. The second kappa shape index (κ2) is 5.30. The lowest BCUT2D eigenvalue weighted by Crippen LogP contribution is -2.00. The Balaban J connectivity index is 1.95. The number of phenolic OH excluding ortho intramolecular Hbond substituents is 1. The summed E-state index contributed by atoms with van der Waals surface area (Å²) in [5.74, 6) is 1.81. The third kappa shape index (κ3) is 2.79. The van der Waals surface area contributed by atoms with Crippen LogP contribution >= 0.6 is 23.5 Å². The van der Waals surface area contributed by atoms with Crippen molar-refractivity contribution < 1.29 is 9.52 Å². The topological polar surface area (TPSA) is 62.8 Å². The van der Waals surface area contributed by atoms with Gasteiger partial charge in [0.15, 0.2) is 0 Å². The maximum atomic E-state index is 11.5. The second-order valence-corrected chi connectivity index (χ2v) is 6.36. The monoisotopic (exact) mass is 293 g/mol. The molecule has 0 radical (unpaired) electrons. The van der Waals surface area contributed by atoms with Crippen molar-refractivity contribution in [3.8, 4) is 5.75 Å². The van der Waals surface area contributed by atoms with E-state index < -0.39 is 5.63 Å². The van der Waals surface area contributed by atoms with Crippen LogP contribution < -0.4 is 5.63 Å². The van der Waals surface area contributed by atoms with Gasteiger partial charge in [-0.1, -0.05) is 23.5 Å². The van der Waals surface area contributed by atoms with Crippen LogP contribution in [0.4, 0.5) is 0 Å². The molecule has 2 aromatic rings. The van der Waals surface area contributed by atoms with Gasteiger partial charge in [0.1, 0.15) is 15.7 Å². The van der Waals surface area contributed by atoms with E-state index in [0.717, 1.165) is 27.6 Å². The Kier molecular flexibility index (Phi) is 3.52. The summed E-state index contributed by atoms with van der Waals surface area (Å²) in [6, 6.07) is 6.34. The molecular formula is C13H11NO3S2. The van der Waals surface area contributed by atoms with Crippen LogP contribution in [0.3, 0.4) is 0 Å². The molecule has 0 bridgehead atoms. The van der Waals surface area contributed by atoms with E-state index in [1.165, 1.54) is 12.1 Å². The number of aliphatic imine (C=N–C) groups is 1. The third-order valence-corrected chi connectivity index (χ3v) is 5.02. The number of aromatic hydroxyl groups is 1. The lowest BCUT2D eigenvalue weighted by Gasteiger charge is -2.05. The molecule has 6 heteroatoms. The van der Waals surface area contributed by atoms with Crippen molar-refractivity contribution in [2.24, 2.45) is 4.99 Å². The SMILES string of the molecule is O=c1cc(CSC2=NCCS2)c2ccc(O)cc2o1. The standard InChI is InChI=1S/C13H11NO3S2/c15-9-1-2-10-8(5-12(16)17-11(10)6-9)7-19-13-14-3-4-18-13/h1-2,5-6,15H,3-4,7H2. The van der Waals surface area contributed by atoms with Gasteiger partial charge in [0, 0.05) is 29.0 Å². The minimum Gasteiger partial charge on any atom is -0.508 e. The van der Waals surface area contributed by atoms with Gasteiger partial charge in [-0.2, -0.15) is 0 Å². The summed E-state index contributed by atoms with van der Waals surface area (Å²) in [4.78, 5) is 15.9. The molecular weight excluding hydrogens is 282 g/mol. The van der Waals surface area contributed by atoms with Crippen LogP contribution in [-0.2, 0) is 5.75 Å². The number of rotatable bonds is 2. The van der Waals surface area contributed by atoms with Gasteiger partial charge in [0.05, 0.1) is 6.54 Å². The Morgan fingerprint density at radius 2 is 2.32 bits per heavy atom. The number of phenols is 1. The van der Waals surface area contributed by atoms with E-state index in [0.29, 0.717) is 11.3 Å². The van der Waals surface area contributed by atoms with Gasteiger partial charge in [-0.25, -0.2) is 4.79 Å². The number of benzene rings is 1. The predicted molar refractivity (Wildman–Crippen MR) is 80.2 cm³/mol. The van der Waals surface area contributed by atoms with Crippen LogP contribution in [-0.4, -0.2) is 21.8 Å². The average molecular weight is 293 g/mol. The second-order valence-electron chi connectivity index (χ2n) is 4.06. The van der Waals surface area contributed by atoms with Crippen molar-refractivity contribution in [1.29, 1.82) is 0 Å². The van der Waals surface area contributed by atoms with Crippen LogP contribution in [0, 0.1) is 0 Å². The largest absolute Gasteiger partial charge is 0.508 e. The van der Waals surface area contributed by atoms with Crippen molar-refractivity contribution in [1.82, 2.24) is 0 Å². The summed E-state index contributed by atoms with van der Waals surface area (Å²) in [5, 5.41) is 10.3. The fourth-order valence-corrected chi connectivity index (χ4v) is 3.88. The lowest BCUT2D eigenvalue weighted by atomic mass is 10.1. The van der Waals surface area contributed by atoms with E-state index in [4.69, 9.17) is 4.42 Å². The zero-order valence-corrected chi connectivity index (χ0v) is 11.6. The van der Waals surface area contributed by atoms with Gasteiger partial charge in [0.2, 0.25) is 0 Å². The molecule has 3 rings (SSSR count). The summed E-state index contributed by atoms with van der Waals surface area (Å²) in [6.07, 6.45) is 0. The van der Waals surface area contributed by atoms with Gasteiger partial charge in [-0.3, -0.25) is 4.99 Å². The maximum Gasteiger partial charge on any atom is 0.336 e. The Morgan fingerprint density at radius 1 is 1.42 bits per heavy atom. The Bertz CT molecular complexity index is 709. The smallest absolute Gasteiger partial charge is 0.336 e. The van der Waals surface area contributed by atoms with E-state index in [2.05, 4.69) is 4.99 Å². The highest BCUT2D eigenvalue weighted by molar-refractivity contribution is 8.38. The number of hydrogen-bond acceptors (Lipinski definition) is 6. The highest BCUT2D eigenvalue weighted by atomic mass is 32.2. The Labute approximate surface area is 117 Å². The van der Waals surface area contributed by atoms with Gasteiger partial charge in [0.25, 0.3) is 0 Å². The van der Waals surface area contributed by atoms with Crippen LogP contribution in [0.5, 0.6) is 5.75 Å². The molecule has 1 aromatic heterocycles. The van der Waals surface area contributed by atoms with Crippen molar-refractivity contribution in [2.75, 3.05) is 12.3 Å². The van der Waals surface area contributed by atoms with E-state index >= 15 is 0 Å². The molecule has 0 amide bonds. The quantitative estimate of drug-likeness (QED) is 0.863. The first-order chi connectivity index (χ1) is 9.22. The van der Waals surface area contributed by atoms with Crippen LogP contribution in [0.15, 0.2) is 38.5 Å². The molecule has 4 nitrogen and oxygen atoms in total. The van der Waals surface area contributed by atoms with Gasteiger partial charge in [-0.15, -0.1) is 0 Å². The highest BCUT2D eigenvalue weighted by Gasteiger charge is 2.11. The Morgan fingerprint density at radius 3 is 3.11 bits per heavy atom. The third-order valence-electron chi connectivity index (χ3n) is 2.72. The molecule has 2 heterocycles. The molecule has 0 unspecified atom stereocenters. The van der Waals surface area contributed by atoms with E-state index in [1.54, 1.807) is 35.7 Å². The van der Waals surface area contributed by atoms with Crippen LogP contribution in [0.1, 0.15) is 5.56 Å². The van der Waals surface area contributed by atoms with Crippen molar-refractivity contribution in [3.63, 3.8) is 0 Å². The molecule has 19 heavy (non-hydrogen) atoms. The molecule has 98 valence electrons. The molecule has 1 aromatic carbocycles. The molecule has 0 spiro atoms. The van der Waals surface area contributed by atoms with E-state index in [1.807, 2.05) is 0 Å². The summed E-state index contributed by atoms with van der Waals surface area (Å²) in [6.45, 7) is 0.874. The molecule has 0 aliphatic carbocycles. The fourth-order valence-electron chi connectivity index (χ4n) is 1.88. The molecule has 0 saturated carbocycles. The van der Waals surface area contributed by atoms with Gasteiger partial charge in [-0.05, 0) is 17.7 Å². The average Bonchev–Trinajstić information content (AvgIpc) is 2.88. The molecule has 1 aliphatic rings. The van der Waals surface area contributed by atoms with Crippen LogP contribution in [0.2, 0.25) is 0 Å². The number of nitrogens with zero attached hydrogens (tertiary/aromatic N) is 1. The minimum absolute atomic E-state index is 0.0937. The molecule has 0 fully saturated rings. The summed E-state index contributed by atoms with van der Waals surface area (Å²) < 4.78 is 6.16. The number of fused-ring (bicyclic) bond motifs is 1. The number of hydrogen-bond donors (Lipinski definition) is 1. The lowest BCUT2D eigenvalue weighted by molar-refractivity contribution is 0.473. The first kappa shape index (κ1) is 12.6. The van der Waals surface area contributed by atoms with Crippen molar-refractivity contribution in [2.45, 2.75) is 5.75 Å². The fraction of sp³-hybridized carbons (Fsp3) is 0.231. The minimum atomic E-state index is -0.394. The van der Waals surface area contributed by atoms with Crippen molar-refractivity contribution in [3.05, 3.63) is 40.2 Å². The predicted octanol–water partition coefficient (Wildman–Crippen LogP) is 2.83. The van der Waals surface area contributed by atoms with Crippen molar-refractivity contribution >= 4 is 38.9 Å². The van der Waals surface area contributed by atoms with Crippen LogP contribution in [0.25, 0.3) is 11.0 Å². The normalized spacial score (nSPS) is 14.8. The maximum absolute atomic E-state index is 11.5. The first-order valence-electron chi connectivity index (χ1n) is 5.78. The zero-order valence-electron chi connectivity index (χ0n) is 9.96. The van der Waals surface area contributed by atoms with Gasteiger partial charge >= 0.3 is 5.63 Å². The van der Waals surface area contributed by atoms with E-state index in [-0.39, 0.29) is 5.75 Å². The molecule has 1 N–H and O–H groups in total. The summed E-state index contributed by atoms with van der Waals surface area (Å²) >= 11 is 3.38. The highest BCUT2D eigenvalue weighted by Crippen LogP contribution is 2.28. The van der Waals surface area contributed by atoms with Gasteiger partial charge < -0.3 is 9.52 Å². The number of thioether (sulfide) groups is 2. The molecule has 1 aliphatic heterocycles. The molecule has 0 atom stereocenters. The zero-order chi connectivity index (χ0) is 13.2. The van der Waals surface area contributed by atoms with E-state index in [9.17, 15) is 9.90 Å². The first-order valence-corrected chi connectivity index (χ1v) is 7.75. The Hall–Kier alpha value is -1.40. The summed E-state index contributed by atoms with van der Waals surface area (Å²) in [5.41, 5.74) is 0.935.